The van der Waals surface area contributed by atoms with E-state index >= 15 is 0 Å². The van der Waals surface area contributed by atoms with Gasteiger partial charge in [-0.25, -0.2) is 14.2 Å². The number of rotatable bonds is 4. The number of nitrogens with one attached hydrogen (secondary N) is 1. The molecule has 3 aromatic rings. The Morgan fingerprint density at radius 1 is 1.30 bits per heavy atom. The number of pyridine rings is 2. The molecule has 0 unspecified atom stereocenters. The zero-order valence-corrected chi connectivity index (χ0v) is 16.2. The molecule has 1 saturated heterocycles. The molecular weight excluding hydrogens is 395 g/mol. The Hall–Kier alpha value is -3.69. The maximum atomic E-state index is 13.9. The summed E-state index contributed by atoms with van der Waals surface area (Å²) >= 11 is 0. The molecule has 30 heavy (non-hydrogen) atoms. The van der Waals surface area contributed by atoms with Crippen molar-refractivity contribution in [2.24, 2.45) is 0 Å². The van der Waals surface area contributed by atoms with Crippen molar-refractivity contribution in [1.29, 1.82) is 0 Å². The average molecular weight is 414 g/mol. The van der Waals surface area contributed by atoms with Gasteiger partial charge in [0.05, 0.1) is 24.8 Å². The van der Waals surface area contributed by atoms with E-state index in [1.54, 1.807) is 28.9 Å². The number of halogens is 1. The van der Waals surface area contributed by atoms with Crippen LogP contribution in [-0.2, 0) is 4.74 Å². The van der Waals surface area contributed by atoms with Crippen LogP contribution in [0.25, 0.3) is 11.0 Å². The summed E-state index contributed by atoms with van der Waals surface area (Å²) in [7, 11) is 0. The lowest BCUT2D eigenvalue weighted by Gasteiger charge is -2.36. The smallest absolute Gasteiger partial charge is 0.345 e. The number of piperazine rings is 1. The molecule has 0 atom stereocenters. The van der Waals surface area contributed by atoms with Crippen molar-refractivity contribution < 1.29 is 23.1 Å². The van der Waals surface area contributed by atoms with Crippen LogP contribution in [0.5, 0.6) is 0 Å². The summed E-state index contributed by atoms with van der Waals surface area (Å²) in [6.07, 6.45) is 2.42. The summed E-state index contributed by atoms with van der Waals surface area (Å²) in [5.41, 5.74) is -0.449. The van der Waals surface area contributed by atoms with Crippen molar-refractivity contribution >= 4 is 28.6 Å². The molecule has 1 N–H and O–H groups in total. The third kappa shape index (κ3) is 3.51. The van der Waals surface area contributed by atoms with Crippen LogP contribution in [0.1, 0.15) is 27.8 Å². The van der Waals surface area contributed by atoms with Crippen molar-refractivity contribution in [1.82, 2.24) is 14.9 Å². The lowest BCUT2D eigenvalue weighted by Crippen LogP contribution is -2.49. The lowest BCUT2D eigenvalue weighted by molar-refractivity contribution is 0.0524. The third-order valence-electron chi connectivity index (χ3n) is 4.90. The SMILES string of the molecule is CCOC(=O)c1c(N2CCN(C(=O)c3ccco3)CC2)c2cc(F)cnc2[nH]c1=O. The number of carbonyl (C=O) groups is 2. The first-order valence-electron chi connectivity index (χ1n) is 9.46. The number of nitrogens with zero attached hydrogens (tertiary/aromatic N) is 3. The number of anilines is 1. The molecule has 1 aliphatic heterocycles. The summed E-state index contributed by atoms with van der Waals surface area (Å²) in [6.45, 7) is 3.04. The molecule has 3 aromatic heterocycles. The van der Waals surface area contributed by atoms with Gasteiger partial charge in [0.15, 0.2) is 5.76 Å². The molecule has 4 heterocycles. The van der Waals surface area contributed by atoms with E-state index in [0.29, 0.717) is 31.6 Å². The first-order valence-corrected chi connectivity index (χ1v) is 9.46. The number of H-pyrrole nitrogens is 1. The molecule has 9 nitrogen and oxygen atoms in total. The van der Waals surface area contributed by atoms with Gasteiger partial charge in [0, 0.05) is 31.6 Å². The molecule has 0 spiro atoms. The van der Waals surface area contributed by atoms with Gasteiger partial charge in [0.1, 0.15) is 17.0 Å². The second kappa shape index (κ2) is 7.97. The van der Waals surface area contributed by atoms with Crippen LogP contribution in [0.3, 0.4) is 0 Å². The van der Waals surface area contributed by atoms with Gasteiger partial charge < -0.3 is 23.9 Å². The second-order valence-corrected chi connectivity index (χ2v) is 6.70. The first kappa shape index (κ1) is 19.6. The van der Waals surface area contributed by atoms with Crippen LogP contribution >= 0.6 is 0 Å². The van der Waals surface area contributed by atoms with Crippen molar-refractivity contribution in [3.63, 3.8) is 0 Å². The predicted octanol–water partition coefficient (Wildman–Crippen LogP) is 1.79. The molecule has 0 saturated carbocycles. The Balaban J connectivity index is 1.71. The van der Waals surface area contributed by atoms with Gasteiger partial charge in [-0.3, -0.25) is 9.59 Å². The van der Waals surface area contributed by atoms with Crippen LogP contribution in [0.2, 0.25) is 0 Å². The van der Waals surface area contributed by atoms with E-state index in [4.69, 9.17) is 9.15 Å². The number of aromatic nitrogens is 2. The minimum atomic E-state index is -0.797. The highest BCUT2D eigenvalue weighted by Gasteiger charge is 2.30. The van der Waals surface area contributed by atoms with Gasteiger partial charge in [0.2, 0.25) is 0 Å². The zero-order chi connectivity index (χ0) is 21.3. The molecule has 10 heteroatoms. The van der Waals surface area contributed by atoms with Crippen LogP contribution in [0.4, 0.5) is 10.1 Å². The number of carbonyl (C=O) groups excluding carboxylic acids is 2. The summed E-state index contributed by atoms with van der Waals surface area (Å²) in [5, 5.41) is 0.295. The van der Waals surface area contributed by atoms with Gasteiger partial charge in [-0.1, -0.05) is 0 Å². The summed E-state index contributed by atoms with van der Waals surface area (Å²) in [4.78, 5) is 47.5. The molecule has 0 aromatic carbocycles. The van der Waals surface area contributed by atoms with E-state index in [0.717, 1.165) is 6.20 Å². The third-order valence-corrected chi connectivity index (χ3v) is 4.90. The van der Waals surface area contributed by atoms with Crippen LogP contribution in [0, 0.1) is 5.82 Å². The summed E-state index contributed by atoms with van der Waals surface area (Å²) in [6, 6.07) is 4.45. The van der Waals surface area contributed by atoms with E-state index in [2.05, 4.69) is 9.97 Å². The quantitative estimate of drug-likeness (QED) is 0.649. The normalized spacial score (nSPS) is 14.2. The largest absolute Gasteiger partial charge is 0.462 e. The van der Waals surface area contributed by atoms with Gasteiger partial charge in [-0.15, -0.1) is 0 Å². The minimum absolute atomic E-state index is 0.0859. The summed E-state index contributed by atoms with van der Waals surface area (Å²) in [5.74, 6) is -1.40. The molecule has 156 valence electrons. The van der Waals surface area contributed by atoms with Gasteiger partial charge >= 0.3 is 5.97 Å². The zero-order valence-electron chi connectivity index (χ0n) is 16.2. The fraction of sp³-hybridized carbons (Fsp3) is 0.300. The first-order chi connectivity index (χ1) is 14.5. The maximum absolute atomic E-state index is 13.9. The second-order valence-electron chi connectivity index (χ2n) is 6.70. The van der Waals surface area contributed by atoms with E-state index in [-0.39, 0.29) is 35.2 Å². The highest BCUT2D eigenvalue weighted by molar-refractivity contribution is 6.04. The molecule has 0 aliphatic carbocycles. The van der Waals surface area contributed by atoms with Crippen LogP contribution < -0.4 is 10.5 Å². The fourth-order valence-electron chi connectivity index (χ4n) is 3.54. The molecule has 1 amide bonds. The number of aromatic amines is 1. The Morgan fingerprint density at radius 3 is 2.73 bits per heavy atom. The van der Waals surface area contributed by atoms with E-state index < -0.39 is 17.3 Å². The van der Waals surface area contributed by atoms with Gasteiger partial charge in [-0.2, -0.15) is 0 Å². The van der Waals surface area contributed by atoms with E-state index in [9.17, 15) is 18.8 Å². The monoisotopic (exact) mass is 414 g/mol. The van der Waals surface area contributed by atoms with Crippen molar-refractivity contribution in [2.75, 3.05) is 37.7 Å². The predicted molar refractivity (Wildman–Crippen MR) is 105 cm³/mol. The Bertz CT molecular complexity index is 1150. The van der Waals surface area contributed by atoms with Crippen LogP contribution in [-0.4, -0.2) is 59.5 Å². The van der Waals surface area contributed by atoms with Crippen molar-refractivity contribution in [2.45, 2.75) is 6.92 Å². The molecule has 0 radical (unpaired) electrons. The van der Waals surface area contributed by atoms with Gasteiger partial charge in [0.25, 0.3) is 11.5 Å². The fourth-order valence-corrected chi connectivity index (χ4v) is 3.54. The minimum Gasteiger partial charge on any atom is -0.462 e. The molecule has 1 fully saturated rings. The summed E-state index contributed by atoms with van der Waals surface area (Å²) < 4.78 is 24.2. The molecule has 4 rings (SSSR count). The number of hydrogen-bond donors (Lipinski definition) is 1. The van der Waals surface area contributed by atoms with E-state index in [1.165, 1.54) is 12.3 Å². The van der Waals surface area contributed by atoms with E-state index in [1.807, 2.05) is 0 Å². The lowest BCUT2D eigenvalue weighted by atomic mass is 10.1. The van der Waals surface area contributed by atoms with Crippen molar-refractivity contribution in [3.05, 3.63) is 58.2 Å². The van der Waals surface area contributed by atoms with Crippen LogP contribution in [0.15, 0.2) is 39.9 Å². The number of amides is 1. The number of esters is 1. The molecular formula is C20H19FN4O5. The van der Waals surface area contributed by atoms with Gasteiger partial charge in [-0.05, 0) is 25.1 Å². The topological polar surface area (TPSA) is 109 Å². The molecule has 0 bridgehead atoms. The molecule has 1 aliphatic rings. The number of furan rings is 1. The average Bonchev–Trinajstić information content (AvgIpc) is 3.28. The van der Waals surface area contributed by atoms with Crippen molar-refractivity contribution in [3.8, 4) is 0 Å². The number of hydrogen-bond acceptors (Lipinski definition) is 7. The Kier molecular flexibility index (Phi) is 5.21. The number of fused-ring (bicyclic) bond motifs is 1. The number of ether oxygens (including phenoxy) is 1. The Morgan fingerprint density at radius 2 is 2.07 bits per heavy atom. The highest BCUT2D eigenvalue weighted by atomic mass is 19.1. The standard InChI is InChI=1S/C20H19FN4O5/c1-2-29-20(28)15-16(13-10-12(21)11-22-17(13)23-18(15)26)24-5-7-25(8-6-24)19(27)14-4-3-9-30-14/h3-4,9-11H,2,5-8H2,1H3,(H,22,23,26). The Labute approximate surface area is 170 Å². The maximum Gasteiger partial charge on any atom is 0.345 e. The highest BCUT2D eigenvalue weighted by Crippen LogP contribution is 2.29.